The van der Waals surface area contributed by atoms with Crippen molar-refractivity contribution in [1.29, 1.82) is 0 Å². The molecule has 2 amide bonds. The monoisotopic (exact) mass is 322 g/mol. The molecule has 6 nitrogen and oxygen atoms in total. The van der Waals surface area contributed by atoms with Crippen LogP contribution in [0.3, 0.4) is 0 Å². The molecule has 0 atom stereocenters. The minimum Gasteiger partial charge on any atom is -0.481 e. The van der Waals surface area contributed by atoms with Gasteiger partial charge in [0, 0.05) is 18.0 Å². The Hall–Kier alpha value is -2.02. The van der Waals surface area contributed by atoms with Gasteiger partial charge in [0.25, 0.3) is 5.91 Å². The molecule has 1 heterocycles. The Balaban J connectivity index is 2.07. The molecule has 0 saturated carbocycles. The first-order chi connectivity index (χ1) is 10.5. The molecule has 0 bridgehead atoms. The summed E-state index contributed by atoms with van der Waals surface area (Å²) in [5, 5.41) is 9.00. The van der Waals surface area contributed by atoms with Crippen LogP contribution < -0.4 is 5.73 Å². The molecule has 118 valence electrons. The van der Waals surface area contributed by atoms with Gasteiger partial charge in [-0.25, -0.2) is 0 Å². The molecule has 1 aliphatic heterocycles. The fourth-order valence-electron chi connectivity index (χ4n) is 2.42. The average molecular weight is 322 g/mol. The molecule has 1 aromatic rings. The van der Waals surface area contributed by atoms with Crippen molar-refractivity contribution >= 4 is 29.5 Å². The Morgan fingerprint density at radius 2 is 1.86 bits per heavy atom. The summed E-state index contributed by atoms with van der Waals surface area (Å²) in [6, 6.07) is 7.07. The summed E-state index contributed by atoms with van der Waals surface area (Å²) < 4.78 is 0. The van der Waals surface area contributed by atoms with E-state index in [2.05, 4.69) is 0 Å². The largest absolute Gasteiger partial charge is 0.481 e. The summed E-state index contributed by atoms with van der Waals surface area (Å²) in [6.45, 7) is 0.870. The summed E-state index contributed by atoms with van der Waals surface area (Å²) in [5.74, 6) is -1.62. The van der Waals surface area contributed by atoms with E-state index in [1.807, 2.05) is 0 Å². The van der Waals surface area contributed by atoms with E-state index in [9.17, 15) is 14.4 Å². The molecule has 0 unspecified atom stereocenters. The number of carboxylic acids is 1. The normalized spacial score (nSPS) is 15.5. The third-order valence-electron chi connectivity index (χ3n) is 3.62. The Bertz CT molecular complexity index is 583. The van der Waals surface area contributed by atoms with E-state index in [1.165, 1.54) is 11.8 Å². The highest BCUT2D eigenvalue weighted by atomic mass is 32.2. The Labute approximate surface area is 132 Å². The third kappa shape index (κ3) is 4.00. The Morgan fingerprint density at radius 1 is 1.23 bits per heavy atom. The van der Waals surface area contributed by atoms with Gasteiger partial charge in [-0.15, -0.1) is 11.8 Å². The van der Waals surface area contributed by atoms with Crippen LogP contribution in [0.25, 0.3) is 0 Å². The summed E-state index contributed by atoms with van der Waals surface area (Å²) in [6.07, 6.45) is 0.940. The van der Waals surface area contributed by atoms with Crippen molar-refractivity contribution in [3.05, 3.63) is 29.8 Å². The Kier molecular flexibility index (Phi) is 5.43. The second-order valence-corrected chi connectivity index (χ2v) is 6.17. The van der Waals surface area contributed by atoms with Gasteiger partial charge < -0.3 is 15.7 Å². The van der Waals surface area contributed by atoms with Crippen molar-refractivity contribution in [1.82, 2.24) is 4.90 Å². The van der Waals surface area contributed by atoms with Crippen LogP contribution in [0.15, 0.2) is 29.2 Å². The molecular formula is C15H18N2O4S. The zero-order valence-corrected chi connectivity index (χ0v) is 12.8. The number of aliphatic carboxylic acids is 1. The van der Waals surface area contributed by atoms with Crippen LogP contribution in [-0.4, -0.2) is 46.6 Å². The zero-order chi connectivity index (χ0) is 16.1. The fourth-order valence-corrected chi connectivity index (χ4v) is 3.20. The van der Waals surface area contributed by atoms with Crippen LogP contribution in [0.4, 0.5) is 0 Å². The van der Waals surface area contributed by atoms with E-state index in [0.717, 1.165) is 0 Å². The Morgan fingerprint density at radius 3 is 2.45 bits per heavy atom. The molecule has 1 fully saturated rings. The number of carbonyl (C=O) groups is 3. The van der Waals surface area contributed by atoms with Gasteiger partial charge in [-0.1, -0.05) is 12.1 Å². The van der Waals surface area contributed by atoms with Gasteiger partial charge in [-0.3, -0.25) is 14.4 Å². The van der Waals surface area contributed by atoms with Crippen molar-refractivity contribution in [2.75, 3.05) is 18.8 Å². The van der Waals surface area contributed by atoms with Crippen molar-refractivity contribution in [3.63, 3.8) is 0 Å². The SMILES string of the molecule is NC(=O)CSc1ccccc1C(=O)N1CCC(C(=O)O)CC1. The predicted octanol–water partition coefficient (Wildman–Crippen LogP) is 1.20. The summed E-state index contributed by atoms with van der Waals surface area (Å²) in [4.78, 5) is 36.8. The highest BCUT2D eigenvalue weighted by molar-refractivity contribution is 8.00. The molecule has 0 spiro atoms. The van der Waals surface area contributed by atoms with Gasteiger partial charge in [-0.2, -0.15) is 0 Å². The van der Waals surface area contributed by atoms with Gasteiger partial charge in [0.1, 0.15) is 0 Å². The van der Waals surface area contributed by atoms with Crippen LogP contribution in [0.1, 0.15) is 23.2 Å². The smallest absolute Gasteiger partial charge is 0.306 e. The van der Waals surface area contributed by atoms with Crippen LogP contribution in [-0.2, 0) is 9.59 Å². The molecule has 1 aliphatic rings. The number of nitrogens with zero attached hydrogens (tertiary/aromatic N) is 1. The summed E-state index contributed by atoms with van der Waals surface area (Å²) in [7, 11) is 0. The maximum Gasteiger partial charge on any atom is 0.306 e. The highest BCUT2D eigenvalue weighted by Gasteiger charge is 2.28. The summed E-state index contributed by atoms with van der Waals surface area (Å²) in [5.41, 5.74) is 5.67. The van der Waals surface area contributed by atoms with E-state index in [1.54, 1.807) is 29.2 Å². The number of hydrogen-bond donors (Lipinski definition) is 2. The molecule has 1 saturated heterocycles. The standard InChI is InChI=1S/C15H18N2O4S/c16-13(18)9-22-12-4-2-1-3-11(12)14(19)17-7-5-10(6-8-17)15(20)21/h1-4,10H,5-9H2,(H2,16,18)(H,20,21). The second-order valence-electron chi connectivity index (χ2n) is 5.16. The van der Waals surface area contributed by atoms with Crippen LogP contribution in [0.2, 0.25) is 0 Å². The first-order valence-electron chi connectivity index (χ1n) is 7.01. The first-order valence-corrected chi connectivity index (χ1v) is 8.00. The number of rotatable bonds is 5. The van der Waals surface area contributed by atoms with Crippen LogP contribution >= 0.6 is 11.8 Å². The number of thioether (sulfide) groups is 1. The molecule has 0 radical (unpaired) electrons. The zero-order valence-electron chi connectivity index (χ0n) is 12.0. The van der Waals surface area contributed by atoms with E-state index < -0.39 is 11.9 Å². The van der Waals surface area contributed by atoms with E-state index in [4.69, 9.17) is 10.8 Å². The lowest BCUT2D eigenvalue weighted by Gasteiger charge is -2.30. The molecule has 2 rings (SSSR count). The van der Waals surface area contributed by atoms with Gasteiger partial charge >= 0.3 is 5.97 Å². The van der Waals surface area contributed by atoms with Gasteiger partial charge in [0.15, 0.2) is 0 Å². The lowest BCUT2D eigenvalue weighted by molar-refractivity contribution is -0.143. The van der Waals surface area contributed by atoms with Crippen molar-refractivity contribution in [2.45, 2.75) is 17.7 Å². The number of likely N-dealkylation sites (tertiary alicyclic amines) is 1. The minimum absolute atomic E-state index is 0.116. The van der Waals surface area contributed by atoms with Crippen LogP contribution in [0, 0.1) is 5.92 Å². The maximum atomic E-state index is 12.6. The third-order valence-corrected chi connectivity index (χ3v) is 4.71. The topological polar surface area (TPSA) is 101 Å². The lowest BCUT2D eigenvalue weighted by Crippen LogP contribution is -2.40. The quantitative estimate of drug-likeness (QED) is 0.793. The number of benzene rings is 1. The average Bonchev–Trinajstić information content (AvgIpc) is 2.52. The number of hydrogen-bond acceptors (Lipinski definition) is 4. The number of amides is 2. The number of piperidine rings is 1. The van der Waals surface area contributed by atoms with Crippen molar-refractivity contribution < 1.29 is 19.5 Å². The highest BCUT2D eigenvalue weighted by Crippen LogP contribution is 2.25. The van der Waals surface area contributed by atoms with Crippen molar-refractivity contribution in [3.8, 4) is 0 Å². The fraction of sp³-hybridized carbons (Fsp3) is 0.400. The molecule has 0 aliphatic carbocycles. The molecule has 0 aromatic heterocycles. The van der Waals surface area contributed by atoms with E-state index in [-0.39, 0.29) is 17.6 Å². The molecule has 1 aromatic carbocycles. The molecular weight excluding hydrogens is 304 g/mol. The van der Waals surface area contributed by atoms with E-state index >= 15 is 0 Å². The number of nitrogens with two attached hydrogens (primary N) is 1. The van der Waals surface area contributed by atoms with Gasteiger partial charge in [-0.05, 0) is 25.0 Å². The summed E-state index contributed by atoms with van der Waals surface area (Å²) >= 11 is 1.24. The van der Waals surface area contributed by atoms with E-state index in [0.29, 0.717) is 36.4 Å². The number of carboxylic acid groups (broad SMARTS) is 1. The van der Waals surface area contributed by atoms with Gasteiger partial charge in [0.05, 0.1) is 17.2 Å². The predicted molar refractivity (Wildman–Crippen MR) is 82.6 cm³/mol. The van der Waals surface area contributed by atoms with Gasteiger partial charge in [0.2, 0.25) is 5.91 Å². The van der Waals surface area contributed by atoms with Crippen molar-refractivity contribution in [2.24, 2.45) is 11.7 Å². The lowest BCUT2D eigenvalue weighted by atomic mass is 9.96. The molecule has 3 N–H and O–H groups in total. The second kappa shape index (κ2) is 7.31. The minimum atomic E-state index is -0.801. The number of carbonyl (C=O) groups excluding carboxylic acids is 2. The maximum absolute atomic E-state index is 12.6. The molecule has 22 heavy (non-hydrogen) atoms. The first kappa shape index (κ1) is 16.4. The van der Waals surface area contributed by atoms with Crippen LogP contribution in [0.5, 0.6) is 0 Å². The molecule has 7 heteroatoms. The number of primary amides is 1.